The molecule has 0 saturated carbocycles. The van der Waals surface area contributed by atoms with E-state index >= 15 is 0 Å². The molecule has 0 fully saturated rings. The molecule has 1 heterocycles. The third kappa shape index (κ3) is 15.2. The number of imide groups is 1. The Balaban J connectivity index is 2.81. The minimum absolute atomic E-state index is 0.182. The summed E-state index contributed by atoms with van der Waals surface area (Å²) in [5.74, 6) is -1.08. The average molecular weight is 567 g/mol. The number of carbonyl (C=O) groups is 4. The minimum atomic E-state index is -1.29. The summed E-state index contributed by atoms with van der Waals surface area (Å²) >= 11 is 0. The molecule has 0 spiro atoms. The third-order valence-electron chi connectivity index (χ3n) is 5.14. The molecule has 0 unspecified atom stereocenters. The van der Waals surface area contributed by atoms with Gasteiger partial charge in [-0.15, -0.1) is 9.89 Å². The van der Waals surface area contributed by atoms with Gasteiger partial charge in [0.2, 0.25) is 6.79 Å². The molecular formula is C28H46N4O8. The number of aromatic nitrogens is 2. The van der Waals surface area contributed by atoms with Gasteiger partial charge in [-0.25, -0.2) is 19.1 Å². The fraction of sp³-hybridized carbons (Fsp3) is 0.714. The number of unbranched alkanes of at least 4 members (excludes halogenated alkanes) is 8. The van der Waals surface area contributed by atoms with Gasteiger partial charge in [-0.05, 0) is 54.0 Å². The summed E-state index contributed by atoms with van der Waals surface area (Å²) in [5.41, 5.74) is -1.89. The Morgan fingerprint density at radius 2 is 1.38 bits per heavy atom. The first-order chi connectivity index (χ1) is 18.7. The molecule has 12 nitrogen and oxygen atoms in total. The van der Waals surface area contributed by atoms with E-state index in [1.54, 1.807) is 41.5 Å². The second-order valence-electron chi connectivity index (χ2n) is 11.3. The van der Waals surface area contributed by atoms with Crippen LogP contribution in [0.2, 0.25) is 0 Å². The van der Waals surface area contributed by atoms with Crippen LogP contribution in [0.1, 0.15) is 113 Å². The lowest BCUT2D eigenvalue weighted by Gasteiger charge is -2.26. The molecule has 1 rings (SSSR count). The molecule has 0 aliphatic rings. The second-order valence-corrected chi connectivity index (χ2v) is 11.3. The van der Waals surface area contributed by atoms with Gasteiger partial charge in [0.05, 0.1) is 0 Å². The van der Waals surface area contributed by atoms with Crippen LogP contribution >= 0.6 is 0 Å². The van der Waals surface area contributed by atoms with Crippen molar-refractivity contribution in [2.45, 2.75) is 124 Å². The predicted molar refractivity (Wildman–Crippen MR) is 149 cm³/mol. The van der Waals surface area contributed by atoms with Gasteiger partial charge in [0.15, 0.2) is 0 Å². The molecule has 1 aromatic heterocycles. The van der Waals surface area contributed by atoms with Crippen molar-refractivity contribution in [2.24, 2.45) is 4.99 Å². The van der Waals surface area contributed by atoms with Crippen LogP contribution in [0.15, 0.2) is 23.5 Å². The van der Waals surface area contributed by atoms with Crippen LogP contribution in [0, 0.1) is 0 Å². The van der Waals surface area contributed by atoms with Gasteiger partial charge < -0.3 is 18.9 Å². The fourth-order valence-corrected chi connectivity index (χ4v) is 3.36. The number of nitrogens with zero attached hydrogens (tertiary/aromatic N) is 4. The summed E-state index contributed by atoms with van der Waals surface area (Å²) in [5, 5.41) is 3.97. The topological polar surface area (TPSA) is 139 Å². The van der Waals surface area contributed by atoms with E-state index in [2.05, 4.69) is 17.0 Å². The number of hydrogen-bond donors (Lipinski definition) is 0. The fourth-order valence-electron chi connectivity index (χ4n) is 3.36. The summed E-state index contributed by atoms with van der Waals surface area (Å²) in [7, 11) is 0. The molecule has 0 aliphatic heterocycles. The smallest absolute Gasteiger partial charge is 0.437 e. The first-order valence-corrected chi connectivity index (χ1v) is 13.9. The van der Waals surface area contributed by atoms with Crippen molar-refractivity contribution in [1.29, 1.82) is 0 Å². The molecule has 40 heavy (non-hydrogen) atoms. The summed E-state index contributed by atoms with van der Waals surface area (Å²) in [6.45, 7) is 11.2. The quantitative estimate of drug-likeness (QED) is 0.0666. The first-order valence-electron chi connectivity index (χ1n) is 13.9. The molecular weight excluding hydrogens is 520 g/mol. The highest BCUT2D eigenvalue weighted by atomic mass is 16.7. The average Bonchev–Trinajstić information content (AvgIpc) is 3.35. The van der Waals surface area contributed by atoms with E-state index in [0.29, 0.717) is 11.3 Å². The van der Waals surface area contributed by atoms with Crippen LogP contribution in [-0.4, -0.2) is 62.9 Å². The number of aliphatic imine (C=N–C) groups is 1. The van der Waals surface area contributed by atoms with Gasteiger partial charge in [-0.2, -0.15) is 5.10 Å². The van der Waals surface area contributed by atoms with E-state index in [4.69, 9.17) is 18.9 Å². The highest BCUT2D eigenvalue weighted by Crippen LogP contribution is 2.15. The Morgan fingerprint density at radius 1 is 0.800 bits per heavy atom. The van der Waals surface area contributed by atoms with E-state index in [1.807, 2.05) is 0 Å². The van der Waals surface area contributed by atoms with E-state index in [-0.39, 0.29) is 6.42 Å². The lowest BCUT2D eigenvalue weighted by molar-refractivity contribution is -0.152. The van der Waals surface area contributed by atoms with E-state index in [0.717, 1.165) is 23.9 Å². The molecule has 12 heteroatoms. The Kier molecular flexibility index (Phi) is 15.0. The van der Waals surface area contributed by atoms with Crippen molar-refractivity contribution in [2.75, 3.05) is 6.79 Å². The molecule has 1 aromatic rings. The number of hydrogen-bond acceptors (Lipinski definition) is 9. The Bertz CT molecular complexity index is 962. The van der Waals surface area contributed by atoms with Crippen molar-refractivity contribution in [1.82, 2.24) is 14.7 Å². The first kappa shape index (κ1) is 34.6. The molecule has 0 N–H and O–H groups in total. The van der Waals surface area contributed by atoms with Crippen LogP contribution in [0.4, 0.5) is 14.4 Å². The van der Waals surface area contributed by atoms with Crippen molar-refractivity contribution in [3.63, 3.8) is 0 Å². The molecule has 3 amide bonds. The molecule has 0 atom stereocenters. The summed E-state index contributed by atoms with van der Waals surface area (Å²) in [6, 6.07) is 1.50. The van der Waals surface area contributed by atoms with Crippen molar-refractivity contribution in [3.8, 4) is 0 Å². The van der Waals surface area contributed by atoms with Gasteiger partial charge in [0.25, 0.3) is 5.96 Å². The van der Waals surface area contributed by atoms with E-state index in [1.165, 1.54) is 50.6 Å². The van der Waals surface area contributed by atoms with Crippen LogP contribution in [0.5, 0.6) is 0 Å². The largest absolute Gasteiger partial charge is 0.443 e. The zero-order valence-electron chi connectivity index (χ0n) is 25.1. The van der Waals surface area contributed by atoms with Gasteiger partial charge in [-0.3, -0.25) is 4.79 Å². The standard InChI is InChI=1S/C28H46N4O8/c1-8-9-10-11-12-13-14-15-16-18-22(33)37-21-38-25(35)32(26(36)40-28(5,6)7)23(31-20-17-19-29-31)30-24(34)39-27(2,3)4/h17,19-20H,8-16,18,21H2,1-7H3. The van der Waals surface area contributed by atoms with Crippen molar-refractivity contribution >= 4 is 30.2 Å². The summed E-state index contributed by atoms with van der Waals surface area (Å²) in [4.78, 5) is 54.8. The summed E-state index contributed by atoms with van der Waals surface area (Å²) < 4.78 is 21.6. The van der Waals surface area contributed by atoms with E-state index < -0.39 is 48.2 Å². The van der Waals surface area contributed by atoms with Crippen LogP contribution in [0.3, 0.4) is 0 Å². The Morgan fingerprint density at radius 3 is 1.90 bits per heavy atom. The molecule has 0 saturated heterocycles. The number of rotatable bonds is 12. The Hall–Kier alpha value is -3.44. The van der Waals surface area contributed by atoms with Crippen LogP contribution in [0.25, 0.3) is 0 Å². The monoisotopic (exact) mass is 566 g/mol. The number of ether oxygens (including phenoxy) is 4. The van der Waals surface area contributed by atoms with Gasteiger partial charge in [0, 0.05) is 18.8 Å². The Labute approximate surface area is 237 Å². The number of esters is 1. The second kappa shape index (κ2) is 17.3. The maximum Gasteiger partial charge on any atom is 0.437 e. The van der Waals surface area contributed by atoms with Gasteiger partial charge in [0.1, 0.15) is 11.2 Å². The molecule has 0 bridgehead atoms. The highest BCUT2D eigenvalue weighted by Gasteiger charge is 2.35. The molecule has 0 aromatic carbocycles. The normalized spacial score (nSPS) is 12.0. The minimum Gasteiger partial charge on any atom is -0.443 e. The molecule has 0 aliphatic carbocycles. The zero-order chi connectivity index (χ0) is 30.2. The van der Waals surface area contributed by atoms with Crippen LogP contribution in [-0.2, 0) is 23.7 Å². The van der Waals surface area contributed by atoms with Crippen molar-refractivity contribution < 1.29 is 38.1 Å². The van der Waals surface area contributed by atoms with Crippen LogP contribution < -0.4 is 0 Å². The molecule has 0 radical (unpaired) electrons. The highest BCUT2D eigenvalue weighted by molar-refractivity contribution is 6.10. The zero-order valence-corrected chi connectivity index (χ0v) is 25.1. The lowest BCUT2D eigenvalue weighted by Crippen LogP contribution is -2.48. The predicted octanol–water partition coefficient (Wildman–Crippen LogP) is 6.82. The number of amides is 3. The maximum atomic E-state index is 13.0. The maximum absolute atomic E-state index is 13.0. The van der Waals surface area contributed by atoms with Crippen molar-refractivity contribution in [3.05, 3.63) is 18.5 Å². The summed E-state index contributed by atoms with van der Waals surface area (Å²) in [6.07, 6.45) is 9.31. The lowest BCUT2D eigenvalue weighted by atomic mass is 10.1. The SMILES string of the molecule is CCCCCCCCCCCC(=O)OCOC(=O)N(C(=O)OC(C)(C)C)C(=NC(=O)OC(C)(C)C)n1cccn1. The van der Waals surface area contributed by atoms with Gasteiger partial charge in [-0.1, -0.05) is 58.3 Å². The van der Waals surface area contributed by atoms with Gasteiger partial charge >= 0.3 is 24.2 Å². The van der Waals surface area contributed by atoms with E-state index in [9.17, 15) is 19.2 Å². The molecule has 226 valence electrons. The third-order valence-corrected chi connectivity index (χ3v) is 5.14. The number of carbonyl (C=O) groups excluding carboxylic acids is 4.